The van der Waals surface area contributed by atoms with Crippen LogP contribution in [-0.4, -0.2) is 77.6 Å². The minimum absolute atomic E-state index is 0.0189. The van der Waals surface area contributed by atoms with Crippen LogP contribution in [-0.2, 0) is 23.9 Å². The molecule has 2 amide bonds. The first-order chi connectivity index (χ1) is 15.5. The minimum Gasteiger partial charge on any atom is -0.463 e. The molecule has 1 aromatic heterocycles. The van der Waals surface area contributed by atoms with Gasteiger partial charge in [-0.3, -0.25) is 14.4 Å². The maximum Gasteiger partial charge on any atom is 0.302 e. The summed E-state index contributed by atoms with van der Waals surface area (Å²) in [6, 6.07) is 7.89. The van der Waals surface area contributed by atoms with E-state index in [0.29, 0.717) is 39.3 Å². The van der Waals surface area contributed by atoms with Crippen LogP contribution in [0, 0.1) is 0 Å². The maximum atomic E-state index is 13.2. The van der Waals surface area contributed by atoms with Crippen molar-refractivity contribution in [2.45, 2.75) is 31.7 Å². The Bertz CT molecular complexity index is 1020. The van der Waals surface area contributed by atoms with E-state index in [-0.39, 0.29) is 24.8 Å². The Kier molecular flexibility index (Phi) is 6.60. The molecule has 0 radical (unpaired) electrons. The van der Waals surface area contributed by atoms with Gasteiger partial charge in [-0.1, -0.05) is 18.2 Å². The predicted molar refractivity (Wildman–Crippen MR) is 120 cm³/mol. The van der Waals surface area contributed by atoms with E-state index in [4.69, 9.17) is 9.47 Å². The SMILES string of the molecule is CC(=O)OCC1(CC(=O)N2CCOCC2)CCCN1C(=O)/C=C/c1c[nH]c2ccccc12. The van der Waals surface area contributed by atoms with E-state index < -0.39 is 11.5 Å². The molecule has 1 aromatic carbocycles. The average molecular weight is 440 g/mol. The number of likely N-dealkylation sites (tertiary alicyclic amines) is 1. The van der Waals surface area contributed by atoms with Crippen molar-refractivity contribution in [1.82, 2.24) is 14.8 Å². The van der Waals surface area contributed by atoms with Crippen molar-refractivity contribution in [2.75, 3.05) is 39.5 Å². The first-order valence-electron chi connectivity index (χ1n) is 11.0. The monoisotopic (exact) mass is 439 g/mol. The molecule has 2 aliphatic heterocycles. The number of aromatic nitrogens is 1. The van der Waals surface area contributed by atoms with Crippen molar-refractivity contribution in [3.8, 4) is 0 Å². The number of aromatic amines is 1. The number of ether oxygens (including phenoxy) is 2. The molecule has 2 fully saturated rings. The fourth-order valence-corrected chi connectivity index (χ4v) is 4.59. The summed E-state index contributed by atoms with van der Waals surface area (Å²) in [5.74, 6) is -0.646. The van der Waals surface area contributed by atoms with Gasteiger partial charge in [-0.25, -0.2) is 0 Å². The molecule has 0 bridgehead atoms. The lowest BCUT2D eigenvalue weighted by Crippen LogP contribution is -2.54. The molecule has 2 saturated heterocycles. The lowest BCUT2D eigenvalue weighted by Gasteiger charge is -2.39. The molecule has 1 unspecified atom stereocenters. The Morgan fingerprint density at radius 1 is 1.19 bits per heavy atom. The standard InChI is InChI=1S/C24H29N3O5/c1-18(28)32-17-24(15-23(30)26-11-13-31-14-12-26)9-4-10-27(24)22(29)8-7-19-16-25-21-6-3-2-5-20(19)21/h2-3,5-8,16,25H,4,9-15,17H2,1H3/b8-7+. The lowest BCUT2D eigenvalue weighted by molar-refractivity contribution is -0.152. The Labute approximate surface area is 187 Å². The Hall–Kier alpha value is -3.13. The highest BCUT2D eigenvalue weighted by atomic mass is 16.5. The number of amides is 2. The number of benzene rings is 1. The summed E-state index contributed by atoms with van der Waals surface area (Å²) in [6.45, 7) is 3.99. The van der Waals surface area contributed by atoms with Crippen molar-refractivity contribution in [3.63, 3.8) is 0 Å². The van der Waals surface area contributed by atoms with Gasteiger partial charge in [-0.2, -0.15) is 0 Å². The number of H-pyrrole nitrogens is 1. The second kappa shape index (κ2) is 9.56. The number of fused-ring (bicyclic) bond motifs is 1. The van der Waals surface area contributed by atoms with Crippen LogP contribution in [0.15, 0.2) is 36.5 Å². The molecule has 0 spiro atoms. The minimum atomic E-state index is -0.831. The number of carbonyl (C=O) groups excluding carboxylic acids is 3. The summed E-state index contributed by atoms with van der Waals surface area (Å²) in [6.07, 6.45) is 6.70. The van der Waals surface area contributed by atoms with Crippen LogP contribution < -0.4 is 0 Å². The Morgan fingerprint density at radius 3 is 2.75 bits per heavy atom. The highest BCUT2D eigenvalue weighted by molar-refractivity contribution is 5.97. The normalized spacial score (nSPS) is 21.4. The zero-order chi connectivity index (χ0) is 22.6. The molecule has 2 aliphatic rings. The molecule has 2 aromatic rings. The van der Waals surface area contributed by atoms with Crippen molar-refractivity contribution in [1.29, 1.82) is 0 Å². The van der Waals surface area contributed by atoms with Gasteiger partial charge in [0.25, 0.3) is 0 Å². The van der Waals surface area contributed by atoms with Gasteiger partial charge in [0.05, 0.1) is 25.2 Å². The number of carbonyl (C=O) groups is 3. The Morgan fingerprint density at radius 2 is 1.97 bits per heavy atom. The van der Waals surface area contributed by atoms with E-state index in [1.165, 1.54) is 6.92 Å². The molecule has 8 nitrogen and oxygen atoms in total. The summed E-state index contributed by atoms with van der Waals surface area (Å²) in [5.41, 5.74) is 1.09. The van der Waals surface area contributed by atoms with E-state index in [9.17, 15) is 14.4 Å². The first kappa shape index (κ1) is 22.1. The molecular weight excluding hydrogens is 410 g/mol. The molecule has 170 valence electrons. The summed E-state index contributed by atoms with van der Waals surface area (Å²) in [5, 5.41) is 1.03. The summed E-state index contributed by atoms with van der Waals surface area (Å²) in [7, 11) is 0. The number of hydrogen-bond acceptors (Lipinski definition) is 5. The van der Waals surface area contributed by atoms with E-state index in [1.54, 1.807) is 22.0 Å². The topological polar surface area (TPSA) is 91.9 Å². The van der Waals surface area contributed by atoms with E-state index >= 15 is 0 Å². The smallest absolute Gasteiger partial charge is 0.302 e. The molecule has 32 heavy (non-hydrogen) atoms. The van der Waals surface area contributed by atoms with Gasteiger partial charge in [0.2, 0.25) is 11.8 Å². The van der Waals surface area contributed by atoms with Gasteiger partial charge in [-0.05, 0) is 30.5 Å². The fourth-order valence-electron chi connectivity index (χ4n) is 4.59. The van der Waals surface area contributed by atoms with Gasteiger partial charge in [0, 0.05) is 49.7 Å². The number of nitrogens with zero attached hydrogens (tertiary/aromatic N) is 2. The number of esters is 1. The Balaban J connectivity index is 1.54. The van der Waals surface area contributed by atoms with E-state index in [2.05, 4.69) is 4.98 Å². The third-order valence-electron chi connectivity index (χ3n) is 6.28. The second-order valence-electron chi connectivity index (χ2n) is 8.39. The zero-order valence-corrected chi connectivity index (χ0v) is 18.3. The van der Waals surface area contributed by atoms with Crippen molar-refractivity contribution in [2.24, 2.45) is 0 Å². The first-order valence-corrected chi connectivity index (χ1v) is 11.0. The van der Waals surface area contributed by atoms with Crippen LogP contribution in [0.25, 0.3) is 17.0 Å². The zero-order valence-electron chi connectivity index (χ0n) is 18.3. The van der Waals surface area contributed by atoms with E-state index in [1.807, 2.05) is 30.5 Å². The highest BCUT2D eigenvalue weighted by Gasteiger charge is 2.46. The quantitative estimate of drug-likeness (QED) is 0.551. The largest absolute Gasteiger partial charge is 0.463 e. The number of nitrogens with one attached hydrogen (secondary N) is 1. The fraction of sp³-hybridized carbons (Fsp3) is 0.458. The summed E-state index contributed by atoms with van der Waals surface area (Å²) in [4.78, 5) is 44.5. The lowest BCUT2D eigenvalue weighted by atomic mass is 9.91. The molecule has 0 aliphatic carbocycles. The van der Waals surface area contributed by atoms with Crippen molar-refractivity contribution >= 4 is 34.8 Å². The third-order valence-corrected chi connectivity index (χ3v) is 6.28. The van der Waals surface area contributed by atoms with Crippen LogP contribution in [0.1, 0.15) is 31.7 Å². The molecule has 0 saturated carbocycles. The van der Waals surface area contributed by atoms with Gasteiger partial charge < -0.3 is 24.3 Å². The summed E-state index contributed by atoms with van der Waals surface area (Å²) < 4.78 is 10.7. The van der Waals surface area contributed by atoms with E-state index in [0.717, 1.165) is 22.9 Å². The maximum absolute atomic E-state index is 13.2. The third kappa shape index (κ3) is 4.70. The second-order valence-corrected chi connectivity index (χ2v) is 8.39. The van der Waals surface area contributed by atoms with Crippen molar-refractivity contribution < 1.29 is 23.9 Å². The van der Waals surface area contributed by atoms with Gasteiger partial charge in [-0.15, -0.1) is 0 Å². The molecule has 4 rings (SSSR count). The van der Waals surface area contributed by atoms with Gasteiger partial charge in [0.15, 0.2) is 0 Å². The number of hydrogen-bond donors (Lipinski definition) is 1. The predicted octanol–water partition coefficient (Wildman–Crippen LogP) is 2.35. The van der Waals surface area contributed by atoms with Gasteiger partial charge in [0.1, 0.15) is 6.61 Å². The molecule has 1 atom stereocenters. The number of para-hydroxylation sites is 1. The van der Waals surface area contributed by atoms with Crippen LogP contribution in [0.3, 0.4) is 0 Å². The van der Waals surface area contributed by atoms with Crippen LogP contribution in [0.4, 0.5) is 0 Å². The molecule has 8 heteroatoms. The highest BCUT2D eigenvalue weighted by Crippen LogP contribution is 2.34. The average Bonchev–Trinajstić information content (AvgIpc) is 3.41. The van der Waals surface area contributed by atoms with Crippen LogP contribution in [0.5, 0.6) is 0 Å². The number of morpholine rings is 1. The van der Waals surface area contributed by atoms with Crippen molar-refractivity contribution in [3.05, 3.63) is 42.1 Å². The molecular formula is C24H29N3O5. The van der Waals surface area contributed by atoms with Crippen LogP contribution >= 0.6 is 0 Å². The number of rotatable bonds is 6. The molecule has 3 heterocycles. The molecule has 1 N–H and O–H groups in total. The van der Waals surface area contributed by atoms with Crippen LogP contribution in [0.2, 0.25) is 0 Å². The van der Waals surface area contributed by atoms with Gasteiger partial charge >= 0.3 is 5.97 Å². The summed E-state index contributed by atoms with van der Waals surface area (Å²) >= 11 is 0.